The smallest absolute Gasteiger partial charge is 0.264 e. The minimum absolute atomic E-state index is 0.122. The number of sulfonamides is 1. The third-order valence-corrected chi connectivity index (χ3v) is 8.62. The summed E-state index contributed by atoms with van der Waals surface area (Å²) >= 11 is 2.86. The molecule has 0 aliphatic carbocycles. The third-order valence-electron chi connectivity index (χ3n) is 4.44. The van der Waals surface area contributed by atoms with Gasteiger partial charge in [0.1, 0.15) is 6.54 Å². The lowest BCUT2D eigenvalue weighted by Gasteiger charge is -2.25. The maximum absolute atomic E-state index is 13.5. The summed E-state index contributed by atoms with van der Waals surface area (Å²) in [6, 6.07) is 13.6. The van der Waals surface area contributed by atoms with E-state index in [2.05, 4.69) is 29.4 Å². The van der Waals surface area contributed by atoms with E-state index in [-0.39, 0.29) is 11.4 Å². The Morgan fingerprint density at radius 1 is 1.12 bits per heavy atom. The second-order valence-corrected chi connectivity index (χ2v) is 11.8. The molecule has 7 nitrogen and oxygen atoms in total. The summed E-state index contributed by atoms with van der Waals surface area (Å²) in [5, 5.41) is 11.1. The molecule has 0 unspecified atom stereocenters. The summed E-state index contributed by atoms with van der Waals surface area (Å²) in [5.74, 6) is 0.927. The highest BCUT2D eigenvalue weighted by molar-refractivity contribution is 8.01. The zero-order chi connectivity index (χ0) is 23.3. The summed E-state index contributed by atoms with van der Waals surface area (Å²) in [6.07, 6.45) is 0. The number of nitrogens with zero attached hydrogens (tertiary/aromatic N) is 3. The number of aryl methyl sites for hydroxylation is 2. The van der Waals surface area contributed by atoms with Crippen molar-refractivity contribution in [2.45, 2.75) is 36.9 Å². The predicted molar refractivity (Wildman–Crippen MR) is 131 cm³/mol. The molecule has 0 fully saturated rings. The van der Waals surface area contributed by atoms with Gasteiger partial charge >= 0.3 is 0 Å². The molecule has 10 heteroatoms. The molecule has 1 aromatic heterocycles. The van der Waals surface area contributed by atoms with Crippen LogP contribution in [0.25, 0.3) is 0 Å². The summed E-state index contributed by atoms with van der Waals surface area (Å²) in [5.41, 5.74) is 2.12. The lowest BCUT2D eigenvalue weighted by Crippen LogP contribution is -2.38. The summed E-state index contributed by atoms with van der Waals surface area (Å²) in [6.45, 7) is 7.56. The minimum Gasteiger partial charge on any atom is -0.299 e. The zero-order valence-corrected chi connectivity index (χ0v) is 20.9. The third kappa shape index (κ3) is 6.08. The first-order valence-electron chi connectivity index (χ1n) is 10.1. The van der Waals surface area contributed by atoms with E-state index in [9.17, 15) is 13.2 Å². The van der Waals surface area contributed by atoms with Crippen LogP contribution in [0.3, 0.4) is 0 Å². The maximum atomic E-state index is 13.5. The molecule has 3 aromatic rings. The standard InChI is InChI=1S/C22H26N4O3S3/c1-15(2)14-30-22-25-24-21(31-22)23-20(27)13-26(19-12-16(3)10-11-17(19)4)32(28,29)18-8-6-5-7-9-18/h5-12,15H,13-14H2,1-4H3,(H,23,24,27). The largest absolute Gasteiger partial charge is 0.299 e. The zero-order valence-electron chi connectivity index (χ0n) is 18.4. The van der Waals surface area contributed by atoms with Crippen LogP contribution in [0.5, 0.6) is 0 Å². The van der Waals surface area contributed by atoms with Crippen LogP contribution >= 0.6 is 23.1 Å². The van der Waals surface area contributed by atoms with Gasteiger partial charge < -0.3 is 0 Å². The summed E-state index contributed by atoms with van der Waals surface area (Å²) < 4.78 is 28.8. The molecule has 1 amide bonds. The molecule has 0 bridgehead atoms. The Bertz CT molecular complexity index is 1180. The first kappa shape index (κ1) is 24.2. The van der Waals surface area contributed by atoms with Crippen molar-refractivity contribution in [3.8, 4) is 0 Å². The van der Waals surface area contributed by atoms with Crippen molar-refractivity contribution in [1.29, 1.82) is 0 Å². The van der Waals surface area contributed by atoms with Crippen LogP contribution in [0.4, 0.5) is 10.8 Å². The average Bonchev–Trinajstić information content (AvgIpc) is 3.20. The molecule has 0 radical (unpaired) electrons. The molecule has 1 N–H and O–H groups in total. The van der Waals surface area contributed by atoms with E-state index < -0.39 is 15.9 Å². The van der Waals surface area contributed by atoms with E-state index in [0.29, 0.717) is 16.7 Å². The number of benzene rings is 2. The topological polar surface area (TPSA) is 92.3 Å². The van der Waals surface area contributed by atoms with Crippen molar-refractivity contribution in [3.63, 3.8) is 0 Å². The van der Waals surface area contributed by atoms with Crippen LogP contribution in [0, 0.1) is 19.8 Å². The van der Waals surface area contributed by atoms with Gasteiger partial charge in [0.05, 0.1) is 10.6 Å². The SMILES string of the molecule is Cc1ccc(C)c(N(CC(=O)Nc2nnc(SCC(C)C)s2)S(=O)(=O)c2ccccc2)c1. The molecular weight excluding hydrogens is 464 g/mol. The van der Waals surface area contributed by atoms with Crippen LogP contribution in [-0.2, 0) is 14.8 Å². The number of nitrogens with one attached hydrogen (secondary N) is 1. The van der Waals surface area contributed by atoms with Gasteiger partial charge in [0.2, 0.25) is 11.0 Å². The first-order valence-corrected chi connectivity index (χ1v) is 13.3. The molecule has 32 heavy (non-hydrogen) atoms. The fraction of sp³-hybridized carbons (Fsp3) is 0.318. The van der Waals surface area contributed by atoms with Gasteiger partial charge in [-0.05, 0) is 49.1 Å². The number of thioether (sulfide) groups is 1. The van der Waals surface area contributed by atoms with Crippen LogP contribution in [-0.4, -0.2) is 36.8 Å². The van der Waals surface area contributed by atoms with Gasteiger partial charge in [0, 0.05) is 5.75 Å². The fourth-order valence-electron chi connectivity index (χ4n) is 2.85. The quantitative estimate of drug-likeness (QED) is 0.344. The Morgan fingerprint density at radius 3 is 2.53 bits per heavy atom. The Balaban J connectivity index is 1.86. The number of hydrogen-bond donors (Lipinski definition) is 1. The number of carbonyl (C=O) groups is 1. The van der Waals surface area contributed by atoms with E-state index in [1.165, 1.54) is 23.5 Å². The van der Waals surface area contributed by atoms with Crippen molar-refractivity contribution in [3.05, 3.63) is 59.7 Å². The first-order chi connectivity index (χ1) is 15.2. The molecule has 170 valence electrons. The molecule has 3 rings (SSSR count). The van der Waals surface area contributed by atoms with Crippen LogP contribution in [0.1, 0.15) is 25.0 Å². The molecule has 0 saturated heterocycles. The number of rotatable bonds is 9. The highest BCUT2D eigenvalue weighted by Crippen LogP contribution is 2.29. The number of anilines is 2. The summed E-state index contributed by atoms with van der Waals surface area (Å²) in [4.78, 5) is 13.0. The van der Waals surface area contributed by atoms with Gasteiger partial charge in [-0.1, -0.05) is 67.3 Å². The Labute approximate surface area is 197 Å². The number of aromatic nitrogens is 2. The minimum atomic E-state index is -3.96. The van der Waals surface area contributed by atoms with Crippen molar-refractivity contribution in [2.24, 2.45) is 5.92 Å². The molecule has 0 saturated carbocycles. The van der Waals surface area contributed by atoms with Gasteiger partial charge in [-0.3, -0.25) is 14.4 Å². The molecule has 0 aliphatic heterocycles. The van der Waals surface area contributed by atoms with Gasteiger partial charge in [0.25, 0.3) is 10.0 Å². The van der Waals surface area contributed by atoms with Crippen LogP contribution < -0.4 is 9.62 Å². The van der Waals surface area contributed by atoms with E-state index in [1.807, 2.05) is 26.0 Å². The maximum Gasteiger partial charge on any atom is 0.264 e. The van der Waals surface area contributed by atoms with Gasteiger partial charge in [-0.15, -0.1) is 10.2 Å². The summed E-state index contributed by atoms with van der Waals surface area (Å²) in [7, 11) is -3.96. The number of carbonyl (C=O) groups excluding carboxylic acids is 1. The van der Waals surface area contributed by atoms with Crippen LogP contribution in [0.2, 0.25) is 0 Å². The van der Waals surface area contributed by atoms with Crippen molar-refractivity contribution >= 4 is 49.8 Å². The van der Waals surface area contributed by atoms with Gasteiger partial charge in [-0.25, -0.2) is 8.42 Å². The highest BCUT2D eigenvalue weighted by atomic mass is 32.2. The van der Waals surface area contributed by atoms with E-state index in [4.69, 9.17) is 0 Å². The monoisotopic (exact) mass is 490 g/mol. The molecule has 1 heterocycles. The van der Waals surface area contributed by atoms with E-state index >= 15 is 0 Å². The molecule has 2 aromatic carbocycles. The Kier molecular flexibility index (Phi) is 7.91. The predicted octanol–water partition coefficient (Wildman–Crippen LogP) is 4.74. The average molecular weight is 491 g/mol. The second-order valence-electron chi connectivity index (χ2n) is 7.74. The lowest BCUT2D eigenvalue weighted by molar-refractivity contribution is -0.114. The molecular formula is C22H26N4O3S3. The van der Waals surface area contributed by atoms with Gasteiger partial charge in [0.15, 0.2) is 4.34 Å². The molecule has 0 atom stereocenters. The van der Waals surface area contributed by atoms with Crippen LogP contribution in [0.15, 0.2) is 57.8 Å². The lowest BCUT2D eigenvalue weighted by atomic mass is 10.1. The molecule has 0 spiro atoms. The van der Waals surface area contributed by atoms with E-state index in [1.54, 1.807) is 36.0 Å². The van der Waals surface area contributed by atoms with Crippen molar-refractivity contribution < 1.29 is 13.2 Å². The normalized spacial score (nSPS) is 11.5. The molecule has 0 aliphatic rings. The van der Waals surface area contributed by atoms with Crippen molar-refractivity contribution in [1.82, 2.24) is 10.2 Å². The Hall–Kier alpha value is -2.43. The van der Waals surface area contributed by atoms with Crippen molar-refractivity contribution in [2.75, 3.05) is 21.9 Å². The van der Waals surface area contributed by atoms with Gasteiger partial charge in [-0.2, -0.15) is 0 Å². The Morgan fingerprint density at radius 2 is 1.84 bits per heavy atom. The second kappa shape index (κ2) is 10.5. The number of amides is 1. The highest BCUT2D eigenvalue weighted by Gasteiger charge is 2.28. The fourth-order valence-corrected chi connectivity index (χ4v) is 6.10. The van der Waals surface area contributed by atoms with E-state index in [0.717, 1.165) is 25.5 Å². The number of hydrogen-bond acceptors (Lipinski definition) is 7.